The Morgan fingerprint density at radius 2 is 1.61 bits per heavy atom. The number of hydrogen-bond donors (Lipinski definition) is 2. The summed E-state index contributed by atoms with van der Waals surface area (Å²) in [4.78, 5) is 26.6. The summed E-state index contributed by atoms with van der Waals surface area (Å²) < 4.78 is 45.8. The van der Waals surface area contributed by atoms with Crippen LogP contribution in [0.5, 0.6) is 0 Å². The molecule has 0 saturated carbocycles. The summed E-state index contributed by atoms with van der Waals surface area (Å²) in [6, 6.07) is 21.2. The topological polar surface area (TPSA) is 79.5 Å². The highest BCUT2D eigenvalue weighted by Gasteiger charge is 2.32. The fourth-order valence-corrected chi connectivity index (χ4v) is 5.65. The van der Waals surface area contributed by atoms with E-state index in [0.717, 1.165) is 29.0 Å². The molecule has 0 spiro atoms. The highest BCUT2D eigenvalue weighted by molar-refractivity contribution is 7.18. The SMILES string of the molecule is O=C(O)c1sc(-c2ccccc2)cc1NC(C(=O)c1ccc(Cl)cc1Cl)c1ccc(-c2cccc(C(F)(F)F)c2)o1. The molecule has 0 bridgehead atoms. The molecule has 1 atom stereocenters. The van der Waals surface area contributed by atoms with E-state index >= 15 is 0 Å². The van der Waals surface area contributed by atoms with E-state index in [-0.39, 0.29) is 38.2 Å². The Morgan fingerprint density at radius 3 is 2.29 bits per heavy atom. The molecule has 0 amide bonds. The third kappa shape index (κ3) is 6.17. The first-order valence-corrected chi connectivity index (χ1v) is 13.5. The van der Waals surface area contributed by atoms with Gasteiger partial charge in [0.1, 0.15) is 22.4 Å². The molecule has 0 radical (unpaired) electrons. The number of nitrogens with one attached hydrogen (secondary N) is 1. The number of aromatic carboxylic acids is 1. The number of Topliss-reactive ketones (excluding diaryl/α,β-unsaturated/α-hetero) is 1. The van der Waals surface area contributed by atoms with Crippen molar-refractivity contribution in [2.75, 3.05) is 5.32 Å². The summed E-state index contributed by atoms with van der Waals surface area (Å²) in [7, 11) is 0. The first kappa shape index (κ1) is 28.5. The largest absolute Gasteiger partial charge is 0.477 e. The number of ketones is 1. The number of rotatable bonds is 8. The molecule has 5 rings (SSSR count). The van der Waals surface area contributed by atoms with Gasteiger partial charge in [0.2, 0.25) is 0 Å². The van der Waals surface area contributed by atoms with Crippen LogP contribution in [0.15, 0.2) is 95.4 Å². The molecular formula is C30H18Cl2F3NO4S. The monoisotopic (exact) mass is 615 g/mol. The van der Waals surface area contributed by atoms with Crippen LogP contribution in [0.1, 0.15) is 37.4 Å². The van der Waals surface area contributed by atoms with Crippen LogP contribution in [0, 0.1) is 0 Å². The van der Waals surface area contributed by atoms with Gasteiger partial charge in [-0.25, -0.2) is 4.79 Å². The molecule has 2 heterocycles. The lowest BCUT2D eigenvalue weighted by molar-refractivity contribution is -0.137. The number of hydrogen-bond acceptors (Lipinski definition) is 5. The zero-order valence-electron chi connectivity index (χ0n) is 20.7. The second-order valence-corrected chi connectivity index (χ2v) is 10.8. The van der Waals surface area contributed by atoms with Crippen LogP contribution in [-0.2, 0) is 6.18 Å². The Balaban J connectivity index is 1.58. The lowest BCUT2D eigenvalue weighted by Gasteiger charge is -2.18. The summed E-state index contributed by atoms with van der Waals surface area (Å²) >= 11 is 13.4. The fraction of sp³-hybridized carbons (Fsp3) is 0.0667. The molecule has 5 nitrogen and oxygen atoms in total. The molecule has 2 aromatic heterocycles. The number of thiophene rings is 1. The second-order valence-electron chi connectivity index (χ2n) is 8.87. The number of carboxylic acid groups (broad SMARTS) is 1. The van der Waals surface area contributed by atoms with Crippen LogP contribution in [0.4, 0.5) is 18.9 Å². The third-order valence-corrected chi connectivity index (χ3v) is 7.85. The predicted molar refractivity (Wildman–Crippen MR) is 153 cm³/mol. The zero-order valence-corrected chi connectivity index (χ0v) is 23.0. The number of furan rings is 1. The molecule has 3 aromatic carbocycles. The van der Waals surface area contributed by atoms with Gasteiger partial charge in [0, 0.05) is 21.0 Å². The van der Waals surface area contributed by atoms with Crippen LogP contribution >= 0.6 is 34.5 Å². The highest BCUT2D eigenvalue weighted by Crippen LogP contribution is 2.39. The molecule has 2 N–H and O–H groups in total. The normalized spacial score (nSPS) is 12.2. The van der Waals surface area contributed by atoms with Gasteiger partial charge in [0.15, 0.2) is 5.78 Å². The van der Waals surface area contributed by atoms with Gasteiger partial charge in [0.25, 0.3) is 0 Å². The number of carbonyl (C=O) groups is 2. The van der Waals surface area contributed by atoms with Crippen LogP contribution < -0.4 is 5.32 Å². The lowest BCUT2D eigenvalue weighted by atomic mass is 10.0. The maximum atomic E-state index is 13.8. The number of alkyl halides is 3. The van der Waals surface area contributed by atoms with E-state index in [2.05, 4.69) is 5.32 Å². The number of halogens is 5. The van der Waals surface area contributed by atoms with Crippen LogP contribution in [0.3, 0.4) is 0 Å². The Kier molecular flexibility index (Phi) is 7.95. The van der Waals surface area contributed by atoms with Gasteiger partial charge < -0.3 is 14.8 Å². The van der Waals surface area contributed by atoms with E-state index in [0.29, 0.717) is 9.90 Å². The minimum absolute atomic E-state index is 0.0391. The van der Waals surface area contributed by atoms with E-state index in [4.69, 9.17) is 27.6 Å². The molecule has 0 fully saturated rings. The average molecular weight is 616 g/mol. The molecule has 11 heteroatoms. The Hall–Kier alpha value is -4.05. The van der Waals surface area contributed by atoms with Crippen molar-refractivity contribution in [3.8, 4) is 21.8 Å². The van der Waals surface area contributed by atoms with Crippen molar-refractivity contribution in [2.45, 2.75) is 12.2 Å². The summed E-state index contributed by atoms with van der Waals surface area (Å²) in [5.41, 5.74) is 0.309. The Bertz CT molecular complexity index is 1750. The van der Waals surface area contributed by atoms with Crippen molar-refractivity contribution in [2.24, 2.45) is 0 Å². The smallest absolute Gasteiger partial charge is 0.416 e. The van der Waals surface area contributed by atoms with Crippen LogP contribution in [0.2, 0.25) is 10.0 Å². The van der Waals surface area contributed by atoms with E-state index in [1.807, 2.05) is 30.3 Å². The van der Waals surface area contributed by atoms with Crippen molar-refractivity contribution in [3.63, 3.8) is 0 Å². The summed E-state index contributed by atoms with van der Waals surface area (Å²) in [6.07, 6.45) is -4.56. The molecule has 1 unspecified atom stereocenters. The van der Waals surface area contributed by atoms with E-state index in [9.17, 15) is 27.9 Å². The van der Waals surface area contributed by atoms with Gasteiger partial charge in [-0.15, -0.1) is 11.3 Å². The van der Waals surface area contributed by atoms with Crippen molar-refractivity contribution in [1.82, 2.24) is 0 Å². The maximum absolute atomic E-state index is 13.8. The zero-order chi connectivity index (χ0) is 29.3. The quantitative estimate of drug-likeness (QED) is 0.170. The molecule has 41 heavy (non-hydrogen) atoms. The summed E-state index contributed by atoms with van der Waals surface area (Å²) in [5, 5.41) is 13.3. The first-order chi connectivity index (χ1) is 19.5. The maximum Gasteiger partial charge on any atom is 0.416 e. The Morgan fingerprint density at radius 1 is 0.878 bits per heavy atom. The third-order valence-electron chi connectivity index (χ3n) is 6.13. The number of carboxylic acids is 1. The first-order valence-electron chi connectivity index (χ1n) is 12.0. The van der Waals surface area contributed by atoms with Gasteiger partial charge in [-0.1, -0.05) is 65.7 Å². The van der Waals surface area contributed by atoms with Gasteiger partial charge in [-0.2, -0.15) is 13.2 Å². The standard InChI is InChI=1S/C30H18Cl2F3NO4S/c31-19-9-10-20(21(32)14-19)27(37)26(24-12-11-23(40-24)17-7-4-8-18(13-17)30(33,34)35)36-22-15-25(41-28(22)29(38)39)16-5-2-1-3-6-16/h1-15,26,36H,(H,38,39). The van der Waals surface area contributed by atoms with Gasteiger partial charge in [0.05, 0.1) is 16.3 Å². The summed E-state index contributed by atoms with van der Waals surface area (Å²) in [5.74, 6) is -1.65. The molecule has 0 aliphatic rings. The minimum Gasteiger partial charge on any atom is -0.477 e. The van der Waals surface area contributed by atoms with E-state index in [1.54, 1.807) is 6.07 Å². The van der Waals surface area contributed by atoms with Crippen molar-refractivity contribution >= 4 is 52.0 Å². The molecular weight excluding hydrogens is 598 g/mol. The fourth-order valence-electron chi connectivity index (χ4n) is 4.18. The van der Waals surface area contributed by atoms with Crippen molar-refractivity contribution in [1.29, 1.82) is 0 Å². The van der Waals surface area contributed by atoms with E-state index in [1.165, 1.54) is 42.5 Å². The lowest BCUT2D eigenvalue weighted by Crippen LogP contribution is -2.22. The number of carbonyl (C=O) groups excluding carboxylic acids is 1. The van der Waals surface area contributed by atoms with E-state index < -0.39 is 29.5 Å². The second kappa shape index (κ2) is 11.4. The minimum atomic E-state index is -4.56. The highest BCUT2D eigenvalue weighted by atomic mass is 35.5. The average Bonchev–Trinajstić information content (AvgIpc) is 3.60. The van der Waals surface area contributed by atoms with Gasteiger partial charge >= 0.3 is 12.1 Å². The van der Waals surface area contributed by atoms with Crippen molar-refractivity contribution < 1.29 is 32.3 Å². The molecule has 0 saturated heterocycles. The van der Waals surface area contributed by atoms with Gasteiger partial charge in [-0.3, -0.25) is 4.79 Å². The molecule has 5 aromatic rings. The number of benzene rings is 3. The van der Waals surface area contributed by atoms with Gasteiger partial charge in [-0.05, 0) is 54.1 Å². The summed E-state index contributed by atoms with van der Waals surface area (Å²) in [6.45, 7) is 0. The van der Waals surface area contributed by atoms with Crippen LogP contribution in [-0.4, -0.2) is 16.9 Å². The predicted octanol–water partition coefficient (Wildman–Crippen LogP) is 9.73. The van der Waals surface area contributed by atoms with Crippen LogP contribution in [0.25, 0.3) is 21.8 Å². The Labute approximate surface area is 245 Å². The molecule has 0 aliphatic heterocycles. The number of anilines is 1. The molecule has 0 aliphatic carbocycles. The van der Waals surface area contributed by atoms with Crippen molar-refractivity contribution in [3.05, 3.63) is 123 Å². The molecule has 208 valence electrons.